The van der Waals surface area contributed by atoms with E-state index in [0.717, 1.165) is 10.0 Å². The summed E-state index contributed by atoms with van der Waals surface area (Å²) < 4.78 is 6.73. The van der Waals surface area contributed by atoms with Crippen molar-refractivity contribution in [2.45, 2.75) is 12.2 Å². The predicted molar refractivity (Wildman–Crippen MR) is 77.0 cm³/mol. The molecule has 2 atom stereocenters. The standard InChI is InChI=1S/C15H15BrO3/c16-12-6-8-13(9-7-12)19-15(14(18)10-17)11-4-2-1-3-5-11/h1-9,14-15,17-18H,10H2/t14-,15+/m0/s1. The van der Waals surface area contributed by atoms with Gasteiger partial charge in [-0.25, -0.2) is 0 Å². The van der Waals surface area contributed by atoms with Crippen LogP contribution in [0.5, 0.6) is 5.75 Å². The molecule has 2 aromatic rings. The van der Waals surface area contributed by atoms with E-state index in [-0.39, 0.29) is 6.61 Å². The number of benzene rings is 2. The molecule has 2 rings (SSSR count). The summed E-state index contributed by atoms with van der Waals surface area (Å²) in [5, 5.41) is 19.1. The van der Waals surface area contributed by atoms with Crippen LogP contribution < -0.4 is 4.74 Å². The van der Waals surface area contributed by atoms with E-state index in [2.05, 4.69) is 15.9 Å². The fourth-order valence-electron chi connectivity index (χ4n) is 1.77. The molecule has 0 amide bonds. The number of aliphatic hydroxyl groups is 2. The quantitative estimate of drug-likeness (QED) is 0.889. The first kappa shape index (κ1) is 14.1. The van der Waals surface area contributed by atoms with E-state index >= 15 is 0 Å². The summed E-state index contributed by atoms with van der Waals surface area (Å²) >= 11 is 3.35. The molecule has 0 saturated carbocycles. The Balaban J connectivity index is 2.21. The minimum atomic E-state index is -0.967. The monoisotopic (exact) mass is 322 g/mol. The normalized spacial score (nSPS) is 13.8. The Labute approximate surface area is 120 Å². The molecule has 0 aromatic heterocycles. The summed E-state index contributed by atoms with van der Waals surface area (Å²) in [7, 11) is 0. The van der Waals surface area contributed by atoms with Crippen molar-refractivity contribution in [1.29, 1.82) is 0 Å². The van der Waals surface area contributed by atoms with E-state index in [9.17, 15) is 5.11 Å². The Kier molecular flexibility index (Phi) is 4.96. The van der Waals surface area contributed by atoms with Crippen LogP contribution in [0.4, 0.5) is 0 Å². The number of halogens is 1. The third-order valence-corrected chi connectivity index (χ3v) is 3.27. The van der Waals surface area contributed by atoms with Crippen LogP contribution in [0.25, 0.3) is 0 Å². The van der Waals surface area contributed by atoms with Gasteiger partial charge in [0.25, 0.3) is 0 Å². The topological polar surface area (TPSA) is 49.7 Å². The summed E-state index contributed by atoms with van der Waals surface area (Å²) in [5.41, 5.74) is 0.826. The summed E-state index contributed by atoms with van der Waals surface area (Å²) in [4.78, 5) is 0. The van der Waals surface area contributed by atoms with Crippen LogP contribution in [0.1, 0.15) is 11.7 Å². The average Bonchev–Trinajstić information content (AvgIpc) is 2.47. The van der Waals surface area contributed by atoms with Crippen LogP contribution in [-0.4, -0.2) is 22.9 Å². The molecule has 0 aliphatic rings. The van der Waals surface area contributed by atoms with Crippen LogP contribution in [-0.2, 0) is 0 Å². The van der Waals surface area contributed by atoms with Gasteiger partial charge in [-0.3, -0.25) is 0 Å². The zero-order chi connectivity index (χ0) is 13.7. The van der Waals surface area contributed by atoms with Crippen molar-refractivity contribution in [2.75, 3.05) is 6.61 Å². The van der Waals surface area contributed by atoms with Crippen molar-refractivity contribution in [1.82, 2.24) is 0 Å². The van der Waals surface area contributed by atoms with Crippen molar-refractivity contribution in [3.63, 3.8) is 0 Å². The average molecular weight is 323 g/mol. The van der Waals surface area contributed by atoms with Gasteiger partial charge in [0.15, 0.2) is 6.10 Å². The maximum absolute atomic E-state index is 9.90. The van der Waals surface area contributed by atoms with Gasteiger partial charge < -0.3 is 14.9 Å². The van der Waals surface area contributed by atoms with Gasteiger partial charge in [-0.15, -0.1) is 0 Å². The zero-order valence-electron chi connectivity index (χ0n) is 10.2. The first-order valence-corrected chi connectivity index (χ1v) is 6.76. The fraction of sp³-hybridized carbons (Fsp3) is 0.200. The van der Waals surface area contributed by atoms with Crippen LogP contribution in [0.2, 0.25) is 0 Å². The predicted octanol–water partition coefficient (Wildman–Crippen LogP) is 2.92. The van der Waals surface area contributed by atoms with Gasteiger partial charge in [-0.1, -0.05) is 46.3 Å². The van der Waals surface area contributed by atoms with Gasteiger partial charge in [0.05, 0.1) is 6.61 Å². The molecule has 4 heteroatoms. The Morgan fingerprint density at radius 2 is 1.63 bits per heavy atom. The first-order valence-electron chi connectivity index (χ1n) is 5.97. The lowest BCUT2D eigenvalue weighted by molar-refractivity contribution is -0.00190. The summed E-state index contributed by atoms with van der Waals surface area (Å²) in [6, 6.07) is 16.7. The second-order valence-corrected chi connectivity index (χ2v) is 5.07. The molecule has 19 heavy (non-hydrogen) atoms. The molecule has 0 bridgehead atoms. The minimum Gasteiger partial charge on any atom is -0.483 e. The van der Waals surface area contributed by atoms with Crippen LogP contribution >= 0.6 is 15.9 Å². The Morgan fingerprint density at radius 1 is 1.00 bits per heavy atom. The van der Waals surface area contributed by atoms with Crippen LogP contribution in [0, 0.1) is 0 Å². The molecule has 0 unspecified atom stereocenters. The Bertz CT molecular complexity index is 499. The summed E-state index contributed by atoms with van der Waals surface area (Å²) in [6.07, 6.45) is -1.56. The van der Waals surface area contributed by atoms with Crippen LogP contribution in [0.3, 0.4) is 0 Å². The largest absolute Gasteiger partial charge is 0.483 e. The summed E-state index contributed by atoms with van der Waals surface area (Å²) in [6.45, 7) is -0.351. The zero-order valence-corrected chi connectivity index (χ0v) is 11.8. The molecule has 100 valence electrons. The van der Waals surface area contributed by atoms with Crippen molar-refractivity contribution in [2.24, 2.45) is 0 Å². The molecule has 0 aliphatic carbocycles. The van der Waals surface area contributed by atoms with Crippen molar-refractivity contribution >= 4 is 15.9 Å². The number of rotatable bonds is 5. The van der Waals surface area contributed by atoms with E-state index in [1.165, 1.54) is 0 Å². The molecule has 2 aromatic carbocycles. The van der Waals surface area contributed by atoms with E-state index in [4.69, 9.17) is 9.84 Å². The summed E-state index contributed by atoms with van der Waals surface area (Å²) in [5.74, 6) is 0.643. The number of ether oxygens (including phenoxy) is 1. The lowest BCUT2D eigenvalue weighted by Gasteiger charge is -2.23. The van der Waals surface area contributed by atoms with Gasteiger partial charge in [0.1, 0.15) is 11.9 Å². The smallest absolute Gasteiger partial charge is 0.152 e. The molecule has 0 spiro atoms. The second kappa shape index (κ2) is 6.70. The first-order chi connectivity index (χ1) is 9.20. The maximum Gasteiger partial charge on any atom is 0.152 e. The molecular weight excluding hydrogens is 308 g/mol. The lowest BCUT2D eigenvalue weighted by Crippen LogP contribution is -2.27. The SMILES string of the molecule is OC[C@H](O)[C@H](Oc1ccc(Br)cc1)c1ccccc1. The van der Waals surface area contributed by atoms with Gasteiger partial charge in [-0.05, 0) is 29.8 Å². The maximum atomic E-state index is 9.90. The Hall–Kier alpha value is -1.36. The number of aliphatic hydroxyl groups excluding tert-OH is 2. The van der Waals surface area contributed by atoms with E-state index < -0.39 is 12.2 Å². The highest BCUT2D eigenvalue weighted by atomic mass is 79.9. The Morgan fingerprint density at radius 3 is 2.21 bits per heavy atom. The molecular formula is C15H15BrO3. The van der Waals surface area contributed by atoms with Crippen molar-refractivity contribution in [3.05, 3.63) is 64.6 Å². The van der Waals surface area contributed by atoms with Crippen molar-refractivity contribution < 1.29 is 14.9 Å². The van der Waals surface area contributed by atoms with E-state index in [1.54, 1.807) is 0 Å². The molecule has 0 aliphatic heterocycles. The van der Waals surface area contributed by atoms with Gasteiger partial charge in [0.2, 0.25) is 0 Å². The minimum absolute atomic E-state index is 0.351. The van der Waals surface area contributed by atoms with Crippen LogP contribution in [0.15, 0.2) is 59.1 Å². The molecule has 3 nitrogen and oxygen atoms in total. The molecule has 0 heterocycles. The van der Waals surface area contributed by atoms with Crippen molar-refractivity contribution in [3.8, 4) is 5.75 Å². The number of hydrogen-bond donors (Lipinski definition) is 2. The second-order valence-electron chi connectivity index (χ2n) is 4.15. The number of hydrogen-bond acceptors (Lipinski definition) is 3. The fourth-order valence-corrected chi connectivity index (χ4v) is 2.03. The molecule has 0 saturated heterocycles. The van der Waals surface area contributed by atoms with Gasteiger partial charge >= 0.3 is 0 Å². The van der Waals surface area contributed by atoms with Gasteiger partial charge in [-0.2, -0.15) is 0 Å². The highest BCUT2D eigenvalue weighted by Crippen LogP contribution is 2.26. The molecule has 0 radical (unpaired) electrons. The highest BCUT2D eigenvalue weighted by molar-refractivity contribution is 9.10. The molecule has 0 fully saturated rings. The third-order valence-electron chi connectivity index (χ3n) is 2.74. The highest BCUT2D eigenvalue weighted by Gasteiger charge is 2.22. The van der Waals surface area contributed by atoms with E-state index in [1.807, 2.05) is 54.6 Å². The lowest BCUT2D eigenvalue weighted by atomic mass is 10.0. The third kappa shape index (κ3) is 3.80. The van der Waals surface area contributed by atoms with Gasteiger partial charge in [0, 0.05) is 4.47 Å². The molecule has 2 N–H and O–H groups in total. The van der Waals surface area contributed by atoms with E-state index in [0.29, 0.717) is 5.75 Å².